The van der Waals surface area contributed by atoms with Gasteiger partial charge in [0.15, 0.2) is 0 Å². The summed E-state index contributed by atoms with van der Waals surface area (Å²) >= 11 is 0. The number of hydrogen-bond acceptors (Lipinski definition) is 5. The van der Waals surface area contributed by atoms with Crippen molar-refractivity contribution in [3.63, 3.8) is 0 Å². The van der Waals surface area contributed by atoms with Gasteiger partial charge in [-0.25, -0.2) is 9.97 Å². The molecule has 1 aliphatic heterocycles. The lowest BCUT2D eigenvalue weighted by Gasteiger charge is -2.10. The highest BCUT2D eigenvalue weighted by Gasteiger charge is 2.28. The molecular weight excluding hydrogens is 280 g/mol. The van der Waals surface area contributed by atoms with Crippen LogP contribution in [0.1, 0.15) is 17.2 Å². The van der Waals surface area contributed by atoms with E-state index in [1.807, 2.05) is 18.3 Å². The summed E-state index contributed by atoms with van der Waals surface area (Å²) in [5.41, 5.74) is 3.30. The molecule has 3 heterocycles. The molecule has 3 aromatic rings. The largest absolute Gasteiger partial charge is 0.497 e. The number of aromatic nitrogens is 3. The topological polar surface area (TPSA) is 72.1 Å². The minimum absolute atomic E-state index is 0.140. The van der Waals surface area contributed by atoms with E-state index in [1.165, 1.54) is 11.9 Å². The summed E-state index contributed by atoms with van der Waals surface area (Å²) in [6.45, 7) is 0. The van der Waals surface area contributed by atoms with Crippen LogP contribution in [0.25, 0.3) is 10.9 Å². The molecule has 6 heteroatoms. The highest BCUT2D eigenvalue weighted by molar-refractivity contribution is 5.86. The Bertz CT molecular complexity index is 843. The zero-order chi connectivity index (χ0) is 15.1. The fourth-order valence-electron chi connectivity index (χ4n) is 3.02. The normalized spacial score (nSPS) is 16.4. The predicted molar refractivity (Wildman–Crippen MR) is 83.5 cm³/mol. The van der Waals surface area contributed by atoms with Gasteiger partial charge in [-0.3, -0.25) is 0 Å². The standard InChI is InChI=1S/C16H16N4O2/c1-21-9-3-4-13-10(5-9)12(7-17-13)14-6-11-15(20-14)18-8-19-16(11)22-2/h3-5,7-8,14,17H,6H2,1-2H3,(H,18,19,20). The van der Waals surface area contributed by atoms with Crippen molar-refractivity contribution >= 4 is 16.7 Å². The molecule has 0 aliphatic carbocycles. The molecule has 22 heavy (non-hydrogen) atoms. The van der Waals surface area contributed by atoms with E-state index in [-0.39, 0.29) is 6.04 Å². The first-order valence-corrected chi connectivity index (χ1v) is 7.09. The summed E-state index contributed by atoms with van der Waals surface area (Å²) < 4.78 is 10.7. The second kappa shape index (κ2) is 4.91. The van der Waals surface area contributed by atoms with E-state index in [0.29, 0.717) is 5.88 Å². The molecule has 6 nitrogen and oxygen atoms in total. The molecule has 4 rings (SSSR count). The van der Waals surface area contributed by atoms with Crippen LogP contribution in [0.3, 0.4) is 0 Å². The molecule has 2 aromatic heterocycles. The Morgan fingerprint density at radius 2 is 2.09 bits per heavy atom. The number of rotatable bonds is 3. The van der Waals surface area contributed by atoms with Crippen molar-refractivity contribution in [2.75, 3.05) is 19.5 Å². The second-order valence-electron chi connectivity index (χ2n) is 5.27. The molecule has 0 radical (unpaired) electrons. The van der Waals surface area contributed by atoms with E-state index < -0.39 is 0 Å². The van der Waals surface area contributed by atoms with Crippen LogP contribution in [0.4, 0.5) is 5.82 Å². The zero-order valence-electron chi connectivity index (χ0n) is 12.4. The molecule has 0 saturated heterocycles. The number of nitrogens with zero attached hydrogens (tertiary/aromatic N) is 2. The van der Waals surface area contributed by atoms with Gasteiger partial charge in [0.2, 0.25) is 5.88 Å². The number of methoxy groups -OCH3 is 2. The quantitative estimate of drug-likeness (QED) is 0.777. The third kappa shape index (κ3) is 1.88. The molecule has 0 fully saturated rings. The molecule has 0 spiro atoms. The van der Waals surface area contributed by atoms with Gasteiger partial charge in [-0.15, -0.1) is 0 Å². The smallest absolute Gasteiger partial charge is 0.221 e. The van der Waals surface area contributed by atoms with Crippen molar-refractivity contribution < 1.29 is 9.47 Å². The number of H-pyrrole nitrogens is 1. The average Bonchev–Trinajstić information content (AvgIpc) is 3.16. The molecular formula is C16H16N4O2. The van der Waals surface area contributed by atoms with Gasteiger partial charge >= 0.3 is 0 Å². The second-order valence-corrected chi connectivity index (χ2v) is 5.27. The van der Waals surface area contributed by atoms with Crippen LogP contribution in [0.5, 0.6) is 11.6 Å². The Morgan fingerprint density at radius 3 is 2.91 bits per heavy atom. The average molecular weight is 296 g/mol. The van der Waals surface area contributed by atoms with E-state index in [2.05, 4.69) is 26.3 Å². The number of anilines is 1. The number of hydrogen-bond donors (Lipinski definition) is 2. The third-order valence-electron chi connectivity index (χ3n) is 4.11. The van der Waals surface area contributed by atoms with E-state index >= 15 is 0 Å². The molecule has 1 atom stereocenters. The lowest BCUT2D eigenvalue weighted by Crippen LogP contribution is -2.05. The summed E-state index contributed by atoms with van der Waals surface area (Å²) in [7, 11) is 3.31. The summed E-state index contributed by atoms with van der Waals surface area (Å²) in [6.07, 6.45) is 4.35. The highest BCUT2D eigenvalue weighted by Crippen LogP contribution is 2.39. The third-order valence-corrected chi connectivity index (χ3v) is 4.11. The van der Waals surface area contributed by atoms with Crippen LogP contribution in [0, 0.1) is 0 Å². The first kappa shape index (κ1) is 12.9. The Kier molecular flexibility index (Phi) is 2.89. The van der Waals surface area contributed by atoms with Crippen molar-refractivity contribution in [2.45, 2.75) is 12.5 Å². The lowest BCUT2D eigenvalue weighted by atomic mass is 10.0. The summed E-state index contributed by atoms with van der Waals surface area (Å²) in [4.78, 5) is 11.8. The first-order valence-electron chi connectivity index (χ1n) is 7.09. The Labute approximate surface area is 127 Å². The molecule has 0 saturated carbocycles. The van der Waals surface area contributed by atoms with Gasteiger partial charge in [0, 0.05) is 29.1 Å². The number of aromatic amines is 1. The van der Waals surface area contributed by atoms with Gasteiger partial charge in [0.1, 0.15) is 17.9 Å². The van der Waals surface area contributed by atoms with Crippen molar-refractivity contribution in [3.05, 3.63) is 41.9 Å². The maximum absolute atomic E-state index is 5.33. The molecule has 112 valence electrons. The molecule has 0 bridgehead atoms. The monoisotopic (exact) mass is 296 g/mol. The minimum Gasteiger partial charge on any atom is -0.497 e. The van der Waals surface area contributed by atoms with Crippen LogP contribution in [-0.4, -0.2) is 29.2 Å². The van der Waals surface area contributed by atoms with Crippen LogP contribution in [0.2, 0.25) is 0 Å². The van der Waals surface area contributed by atoms with Gasteiger partial charge < -0.3 is 19.8 Å². The van der Waals surface area contributed by atoms with Crippen molar-refractivity contribution in [2.24, 2.45) is 0 Å². The van der Waals surface area contributed by atoms with Crippen LogP contribution >= 0.6 is 0 Å². The first-order chi connectivity index (χ1) is 10.8. The van der Waals surface area contributed by atoms with Gasteiger partial charge in [-0.05, 0) is 18.2 Å². The predicted octanol–water partition coefficient (Wildman–Crippen LogP) is 2.68. The molecule has 1 aromatic carbocycles. The molecule has 1 aliphatic rings. The number of nitrogens with one attached hydrogen (secondary N) is 2. The van der Waals surface area contributed by atoms with Gasteiger partial charge in [0.25, 0.3) is 0 Å². The number of fused-ring (bicyclic) bond motifs is 2. The van der Waals surface area contributed by atoms with Crippen molar-refractivity contribution in [1.82, 2.24) is 15.0 Å². The maximum atomic E-state index is 5.33. The maximum Gasteiger partial charge on any atom is 0.221 e. The van der Waals surface area contributed by atoms with Crippen molar-refractivity contribution in [3.8, 4) is 11.6 Å². The van der Waals surface area contributed by atoms with E-state index in [0.717, 1.165) is 34.5 Å². The minimum atomic E-state index is 0.140. The van der Waals surface area contributed by atoms with Crippen LogP contribution in [-0.2, 0) is 6.42 Å². The van der Waals surface area contributed by atoms with Gasteiger partial charge in [0.05, 0.1) is 25.8 Å². The van der Waals surface area contributed by atoms with Gasteiger partial charge in [-0.2, -0.15) is 0 Å². The van der Waals surface area contributed by atoms with E-state index in [4.69, 9.17) is 9.47 Å². The fourth-order valence-corrected chi connectivity index (χ4v) is 3.02. The summed E-state index contributed by atoms with van der Waals surface area (Å²) in [5, 5.41) is 4.60. The van der Waals surface area contributed by atoms with Crippen LogP contribution in [0.15, 0.2) is 30.7 Å². The number of ether oxygens (including phenoxy) is 2. The Morgan fingerprint density at radius 1 is 1.18 bits per heavy atom. The van der Waals surface area contributed by atoms with Crippen molar-refractivity contribution in [1.29, 1.82) is 0 Å². The molecule has 2 N–H and O–H groups in total. The fraction of sp³-hybridized carbons (Fsp3) is 0.250. The SMILES string of the molecule is COc1ccc2[nH]cc(C3Cc4c(ncnc4OC)N3)c2c1. The molecule has 1 unspecified atom stereocenters. The Hall–Kier alpha value is -2.76. The van der Waals surface area contributed by atoms with Crippen LogP contribution < -0.4 is 14.8 Å². The van der Waals surface area contributed by atoms with Gasteiger partial charge in [-0.1, -0.05) is 0 Å². The lowest BCUT2D eigenvalue weighted by molar-refractivity contribution is 0.392. The highest BCUT2D eigenvalue weighted by atomic mass is 16.5. The molecule has 0 amide bonds. The zero-order valence-corrected chi connectivity index (χ0v) is 12.4. The van der Waals surface area contributed by atoms with E-state index in [1.54, 1.807) is 14.2 Å². The summed E-state index contributed by atoms with van der Waals surface area (Å²) in [6, 6.07) is 6.17. The number of benzene rings is 1. The van der Waals surface area contributed by atoms with E-state index in [9.17, 15) is 0 Å². The summed E-state index contributed by atoms with van der Waals surface area (Å²) in [5.74, 6) is 2.33. The Balaban J connectivity index is 1.75.